The Hall–Kier alpha value is -0.390. The molecule has 0 aliphatic heterocycles. The van der Waals surface area contributed by atoms with E-state index in [9.17, 15) is 0 Å². The molecule has 1 heterocycles. The van der Waals surface area contributed by atoms with Crippen LogP contribution in [0.2, 0.25) is 0 Å². The van der Waals surface area contributed by atoms with Crippen LogP contribution in [0, 0.1) is 6.92 Å². The molecule has 0 bridgehead atoms. The Morgan fingerprint density at radius 2 is 2.17 bits per heavy atom. The summed E-state index contributed by atoms with van der Waals surface area (Å²) in [6, 6.07) is 0. The minimum absolute atomic E-state index is 0.512. The van der Waals surface area contributed by atoms with Crippen LogP contribution in [-0.2, 0) is 18.3 Å². The lowest BCUT2D eigenvalue weighted by atomic mass is 10.3. The van der Waals surface area contributed by atoms with Crippen molar-refractivity contribution in [1.82, 2.24) is 15.1 Å². The van der Waals surface area contributed by atoms with E-state index in [0.29, 0.717) is 6.10 Å². The van der Waals surface area contributed by atoms with E-state index in [1.54, 1.807) is 0 Å². The van der Waals surface area contributed by atoms with Crippen molar-refractivity contribution in [3.05, 3.63) is 15.9 Å². The summed E-state index contributed by atoms with van der Waals surface area (Å²) in [6.07, 6.45) is 5.66. The molecule has 18 heavy (non-hydrogen) atoms. The van der Waals surface area contributed by atoms with Gasteiger partial charge in [-0.3, -0.25) is 4.68 Å². The second-order valence-electron chi connectivity index (χ2n) is 4.92. The molecule has 0 radical (unpaired) electrons. The van der Waals surface area contributed by atoms with Gasteiger partial charge in [0.1, 0.15) is 0 Å². The number of aryl methyl sites for hydroxylation is 2. The molecule has 1 saturated carbocycles. The number of nitrogens with zero attached hydrogens (tertiary/aromatic N) is 2. The summed E-state index contributed by atoms with van der Waals surface area (Å²) in [5.74, 6) is 0. The number of rotatable bonds is 6. The first-order chi connectivity index (χ1) is 8.68. The minimum atomic E-state index is 0.512. The molecular weight excluding hydrogens is 294 g/mol. The maximum atomic E-state index is 5.81. The maximum absolute atomic E-state index is 5.81. The molecule has 1 aliphatic rings. The van der Waals surface area contributed by atoms with E-state index < -0.39 is 0 Å². The van der Waals surface area contributed by atoms with Gasteiger partial charge < -0.3 is 10.1 Å². The molecule has 1 N–H and O–H groups in total. The van der Waals surface area contributed by atoms with Crippen molar-refractivity contribution in [2.45, 2.75) is 45.3 Å². The standard InChI is InChI=1S/C13H22BrN3O/c1-10-13(14)12(17(2)16-10)9-15-7-8-18-11-5-3-4-6-11/h11,15H,3-9H2,1-2H3. The SMILES string of the molecule is Cc1nn(C)c(CNCCOC2CCCC2)c1Br. The summed E-state index contributed by atoms with van der Waals surface area (Å²) in [6.45, 7) is 4.54. The van der Waals surface area contributed by atoms with Gasteiger partial charge in [0.05, 0.1) is 28.6 Å². The van der Waals surface area contributed by atoms with Crippen molar-refractivity contribution < 1.29 is 4.74 Å². The fourth-order valence-electron chi connectivity index (χ4n) is 2.43. The Labute approximate surface area is 117 Å². The minimum Gasteiger partial charge on any atom is -0.377 e. The molecule has 0 atom stereocenters. The third-order valence-electron chi connectivity index (χ3n) is 3.49. The fraction of sp³-hybridized carbons (Fsp3) is 0.769. The van der Waals surface area contributed by atoms with Crippen molar-refractivity contribution >= 4 is 15.9 Å². The molecule has 0 spiro atoms. The predicted molar refractivity (Wildman–Crippen MR) is 75.6 cm³/mol. The van der Waals surface area contributed by atoms with Crippen molar-refractivity contribution in [2.24, 2.45) is 7.05 Å². The maximum Gasteiger partial charge on any atom is 0.0739 e. The first kappa shape index (κ1) is 14.0. The fourth-order valence-corrected chi connectivity index (χ4v) is 2.91. The third kappa shape index (κ3) is 3.56. The Balaban J connectivity index is 1.65. The van der Waals surface area contributed by atoms with Crippen molar-refractivity contribution in [2.75, 3.05) is 13.2 Å². The van der Waals surface area contributed by atoms with E-state index in [2.05, 4.69) is 26.3 Å². The summed E-state index contributed by atoms with van der Waals surface area (Å²) in [4.78, 5) is 0. The number of halogens is 1. The van der Waals surface area contributed by atoms with E-state index in [0.717, 1.165) is 29.9 Å². The molecule has 0 saturated heterocycles. The smallest absolute Gasteiger partial charge is 0.0739 e. The van der Waals surface area contributed by atoms with Gasteiger partial charge in [-0.2, -0.15) is 5.10 Å². The highest BCUT2D eigenvalue weighted by atomic mass is 79.9. The molecule has 4 nitrogen and oxygen atoms in total. The molecule has 0 amide bonds. The van der Waals surface area contributed by atoms with E-state index in [-0.39, 0.29) is 0 Å². The van der Waals surface area contributed by atoms with Gasteiger partial charge in [0.25, 0.3) is 0 Å². The van der Waals surface area contributed by atoms with E-state index in [1.165, 1.54) is 31.4 Å². The zero-order valence-electron chi connectivity index (χ0n) is 11.2. The quantitative estimate of drug-likeness (QED) is 0.820. The number of hydrogen-bond donors (Lipinski definition) is 1. The molecule has 102 valence electrons. The molecule has 0 aromatic carbocycles. The van der Waals surface area contributed by atoms with Gasteiger partial charge in [0, 0.05) is 20.1 Å². The summed E-state index contributed by atoms with van der Waals surface area (Å²) >= 11 is 3.57. The number of nitrogens with one attached hydrogen (secondary N) is 1. The second kappa shape index (κ2) is 6.68. The Morgan fingerprint density at radius 3 is 2.78 bits per heavy atom. The van der Waals surface area contributed by atoms with Crippen molar-refractivity contribution in [3.63, 3.8) is 0 Å². The zero-order chi connectivity index (χ0) is 13.0. The van der Waals surface area contributed by atoms with Gasteiger partial charge in [-0.25, -0.2) is 0 Å². The van der Waals surface area contributed by atoms with Gasteiger partial charge in [-0.1, -0.05) is 12.8 Å². The monoisotopic (exact) mass is 315 g/mol. The lowest BCUT2D eigenvalue weighted by molar-refractivity contribution is 0.0602. The predicted octanol–water partition coefficient (Wildman–Crippen LogP) is 2.54. The van der Waals surface area contributed by atoms with Crippen LogP contribution < -0.4 is 5.32 Å². The molecule has 1 fully saturated rings. The summed E-state index contributed by atoms with van der Waals surface area (Å²) in [7, 11) is 1.98. The number of ether oxygens (including phenoxy) is 1. The number of aromatic nitrogens is 2. The third-order valence-corrected chi connectivity index (χ3v) is 4.52. The van der Waals surface area contributed by atoms with Gasteiger partial charge >= 0.3 is 0 Å². The Kier molecular flexibility index (Phi) is 5.21. The molecule has 1 aliphatic carbocycles. The van der Waals surface area contributed by atoms with Crippen LogP contribution in [0.1, 0.15) is 37.1 Å². The summed E-state index contributed by atoms with van der Waals surface area (Å²) < 4.78 is 8.84. The van der Waals surface area contributed by atoms with Crippen LogP contribution in [0.5, 0.6) is 0 Å². The first-order valence-corrected chi connectivity index (χ1v) is 7.48. The molecule has 5 heteroatoms. The summed E-state index contributed by atoms with van der Waals surface area (Å²) in [5.41, 5.74) is 2.23. The molecule has 1 aromatic rings. The topological polar surface area (TPSA) is 39.1 Å². The van der Waals surface area contributed by atoms with E-state index in [1.807, 2.05) is 18.7 Å². The highest BCUT2D eigenvalue weighted by molar-refractivity contribution is 9.10. The van der Waals surface area contributed by atoms with E-state index in [4.69, 9.17) is 4.74 Å². The largest absolute Gasteiger partial charge is 0.377 e. The van der Waals surface area contributed by atoms with Gasteiger partial charge in [0.2, 0.25) is 0 Å². The second-order valence-corrected chi connectivity index (χ2v) is 5.72. The lowest BCUT2D eigenvalue weighted by Gasteiger charge is -2.11. The Morgan fingerprint density at radius 1 is 1.44 bits per heavy atom. The zero-order valence-corrected chi connectivity index (χ0v) is 12.8. The molecule has 1 aromatic heterocycles. The average Bonchev–Trinajstić information content (AvgIpc) is 2.92. The van der Waals surface area contributed by atoms with Gasteiger partial charge in [0.15, 0.2) is 0 Å². The number of hydrogen-bond acceptors (Lipinski definition) is 3. The van der Waals surface area contributed by atoms with Crippen LogP contribution in [0.15, 0.2) is 4.47 Å². The average molecular weight is 316 g/mol. The summed E-state index contributed by atoms with van der Waals surface area (Å²) in [5, 5.41) is 7.78. The van der Waals surface area contributed by atoms with Crippen molar-refractivity contribution in [1.29, 1.82) is 0 Å². The Bertz CT molecular complexity index is 386. The normalized spacial score (nSPS) is 16.6. The molecule has 2 rings (SSSR count). The van der Waals surface area contributed by atoms with Crippen molar-refractivity contribution in [3.8, 4) is 0 Å². The van der Waals surface area contributed by atoms with E-state index >= 15 is 0 Å². The molecule has 0 unspecified atom stereocenters. The van der Waals surface area contributed by atoms with Crippen LogP contribution in [0.3, 0.4) is 0 Å². The van der Waals surface area contributed by atoms with Gasteiger partial charge in [-0.05, 0) is 35.7 Å². The lowest BCUT2D eigenvalue weighted by Crippen LogP contribution is -2.23. The highest BCUT2D eigenvalue weighted by Gasteiger charge is 2.14. The van der Waals surface area contributed by atoms with Crippen LogP contribution in [0.25, 0.3) is 0 Å². The van der Waals surface area contributed by atoms with Crippen LogP contribution in [0.4, 0.5) is 0 Å². The van der Waals surface area contributed by atoms with Crippen LogP contribution in [-0.4, -0.2) is 29.0 Å². The highest BCUT2D eigenvalue weighted by Crippen LogP contribution is 2.21. The van der Waals surface area contributed by atoms with Gasteiger partial charge in [-0.15, -0.1) is 0 Å². The molecular formula is C13H22BrN3O. The van der Waals surface area contributed by atoms with Crippen LogP contribution >= 0.6 is 15.9 Å². The first-order valence-electron chi connectivity index (χ1n) is 6.68.